The molecule has 0 aromatic carbocycles. The smallest absolute Gasteiger partial charge is 0.306 e. The number of alkyl halides is 2. The Labute approximate surface area is 191 Å². The van der Waals surface area contributed by atoms with Gasteiger partial charge in [-0.25, -0.2) is 13.2 Å². The first-order valence-electron chi connectivity index (χ1n) is 11.7. The van der Waals surface area contributed by atoms with Crippen LogP contribution in [-0.2, 0) is 19.1 Å². The zero-order valence-electron chi connectivity index (χ0n) is 19.4. The summed E-state index contributed by atoms with van der Waals surface area (Å²) in [5.41, 5.74) is -4.32. The molecule has 0 unspecified atom stereocenters. The van der Waals surface area contributed by atoms with E-state index in [1.54, 1.807) is 27.7 Å². The topological polar surface area (TPSA) is 80.7 Å². The SMILES string of the molecule is CCC(=O)O[C@@]1(C(=O)CF)[C@H](C)C[C@H]2[C@@H]3C[C@H](F)C4=C(F)C(=O)C=C[C@]4(C)[C@H]3[C@@H](O)C[C@@]21C. The number of Topliss-reactive ketones (excluding diaryl/α,β-unsaturated/α-hetero) is 1. The Morgan fingerprint density at radius 1 is 1.27 bits per heavy atom. The summed E-state index contributed by atoms with van der Waals surface area (Å²) >= 11 is 0. The minimum Gasteiger partial charge on any atom is -0.450 e. The van der Waals surface area contributed by atoms with Crippen LogP contribution in [0.1, 0.15) is 53.4 Å². The summed E-state index contributed by atoms with van der Waals surface area (Å²) < 4.78 is 49.8. The molecule has 0 aliphatic heterocycles. The van der Waals surface area contributed by atoms with Crippen LogP contribution in [0.4, 0.5) is 13.2 Å². The summed E-state index contributed by atoms with van der Waals surface area (Å²) in [6, 6.07) is 0. The lowest BCUT2D eigenvalue weighted by molar-refractivity contribution is -0.205. The summed E-state index contributed by atoms with van der Waals surface area (Å²) in [5.74, 6) is -5.46. The predicted octanol–water partition coefficient (Wildman–Crippen LogP) is 3.99. The molecule has 0 aromatic rings. The van der Waals surface area contributed by atoms with E-state index in [0.717, 1.165) is 6.08 Å². The molecular formula is C25H31F3O5. The molecule has 33 heavy (non-hydrogen) atoms. The zero-order chi connectivity index (χ0) is 24.5. The number of aliphatic hydroxyl groups excluding tert-OH is 1. The van der Waals surface area contributed by atoms with E-state index in [0.29, 0.717) is 6.42 Å². The van der Waals surface area contributed by atoms with Crippen LogP contribution in [-0.4, -0.2) is 47.2 Å². The number of allylic oxidation sites excluding steroid dienone is 4. The van der Waals surface area contributed by atoms with Crippen molar-refractivity contribution in [1.82, 2.24) is 0 Å². The highest BCUT2D eigenvalue weighted by atomic mass is 19.1. The molecule has 182 valence electrons. The van der Waals surface area contributed by atoms with E-state index in [9.17, 15) is 28.3 Å². The third-order valence-corrected chi connectivity index (χ3v) is 9.19. The number of aliphatic hydroxyl groups is 1. The summed E-state index contributed by atoms with van der Waals surface area (Å²) in [7, 11) is 0. The number of carbonyl (C=O) groups excluding carboxylic acids is 3. The highest BCUT2D eigenvalue weighted by Gasteiger charge is 2.73. The number of carbonyl (C=O) groups is 3. The minimum absolute atomic E-state index is 0.000267. The number of fused-ring (bicyclic) bond motifs is 5. The van der Waals surface area contributed by atoms with Crippen LogP contribution in [0.2, 0.25) is 0 Å². The monoisotopic (exact) mass is 468 g/mol. The highest BCUT2D eigenvalue weighted by Crippen LogP contribution is 2.69. The molecule has 4 aliphatic rings. The quantitative estimate of drug-likeness (QED) is 0.631. The molecule has 0 amide bonds. The average Bonchev–Trinajstić information content (AvgIpc) is 2.97. The lowest BCUT2D eigenvalue weighted by Gasteiger charge is -2.60. The maximum Gasteiger partial charge on any atom is 0.306 e. The maximum atomic E-state index is 15.5. The number of halogens is 3. The van der Waals surface area contributed by atoms with E-state index in [1.165, 1.54) is 6.08 Å². The molecule has 3 fully saturated rings. The van der Waals surface area contributed by atoms with Gasteiger partial charge in [0, 0.05) is 34.7 Å². The number of rotatable bonds is 4. The van der Waals surface area contributed by atoms with E-state index in [-0.39, 0.29) is 30.8 Å². The van der Waals surface area contributed by atoms with Crippen LogP contribution in [0.3, 0.4) is 0 Å². The van der Waals surface area contributed by atoms with Gasteiger partial charge < -0.3 is 9.84 Å². The Hall–Kier alpha value is -1.96. The Morgan fingerprint density at radius 3 is 2.55 bits per heavy atom. The highest BCUT2D eigenvalue weighted by molar-refractivity contribution is 6.04. The molecule has 5 nitrogen and oxygen atoms in total. The van der Waals surface area contributed by atoms with Gasteiger partial charge in [0.15, 0.2) is 18.1 Å². The summed E-state index contributed by atoms with van der Waals surface area (Å²) in [6.07, 6.45) is -0.0120. The van der Waals surface area contributed by atoms with Crippen molar-refractivity contribution in [2.75, 3.05) is 6.67 Å². The standard InChI is InChI=1S/C25H31F3O5/c1-5-19(32)33-25(18(31)11-26)12(2)8-14-13-9-15(27)21-22(28)16(29)6-7-23(21,3)20(13)17(30)10-24(14,25)4/h6-7,12-15,17,20,30H,5,8-11H2,1-4H3/t12-,13+,14+,15+,17+,20-,23-,24+,25-/m1/s1. The fourth-order valence-corrected chi connectivity index (χ4v) is 7.97. The van der Waals surface area contributed by atoms with Crippen LogP contribution in [0.5, 0.6) is 0 Å². The molecule has 0 aromatic heterocycles. The van der Waals surface area contributed by atoms with Gasteiger partial charge in [0.25, 0.3) is 0 Å². The Kier molecular flexibility index (Phi) is 5.70. The molecular weight excluding hydrogens is 437 g/mol. The maximum absolute atomic E-state index is 15.5. The largest absolute Gasteiger partial charge is 0.450 e. The van der Waals surface area contributed by atoms with Crippen molar-refractivity contribution in [3.05, 3.63) is 23.6 Å². The second-order valence-corrected chi connectivity index (χ2v) is 10.7. The average molecular weight is 469 g/mol. The summed E-state index contributed by atoms with van der Waals surface area (Å²) in [5, 5.41) is 11.4. The van der Waals surface area contributed by atoms with E-state index >= 15 is 4.39 Å². The first-order chi connectivity index (χ1) is 15.4. The minimum atomic E-state index is -1.77. The number of hydrogen-bond donors (Lipinski definition) is 1. The number of hydrogen-bond acceptors (Lipinski definition) is 5. The van der Waals surface area contributed by atoms with Crippen molar-refractivity contribution >= 4 is 17.5 Å². The fourth-order valence-electron chi connectivity index (χ4n) is 7.97. The molecule has 0 radical (unpaired) electrons. The van der Waals surface area contributed by atoms with Gasteiger partial charge in [-0.1, -0.05) is 33.8 Å². The lowest BCUT2D eigenvalue weighted by Crippen LogP contribution is -2.64. The van der Waals surface area contributed by atoms with Crippen LogP contribution < -0.4 is 0 Å². The zero-order valence-corrected chi connectivity index (χ0v) is 19.4. The predicted molar refractivity (Wildman–Crippen MR) is 113 cm³/mol. The molecule has 0 spiro atoms. The van der Waals surface area contributed by atoms with Gasteiger partial charge in [0.1, 0.15) is 6.17 Å². The van der Waals surface area contributed by atoms with Crippen molar-refractivity contribution in [2.45, 2.75) is 71.3 Å². The van der Waals surface area contributed by atoms with Crippen LogP contribution in [0.25, 0.3) is 0 Å². The molecule has 0 bridgehead atoms. The van der Waals surface area contributed by atoms with Gasteiger partial charge in [-0.05, 0) is 37.2 Å². The molecule has 4 aliphatic carbocycles. The fraction of sp³-hybridized carbons (Fsp3) is 0.720. The molecule has 0 saturated heterocycles. The molecule has 4 rings (SSSR count). The van der Waals surface area contributed by atoms with E-state index in [1.807, 2.05) is 0 Å². The van der Waals surface area contributed by atoms with Crippen molar-refractivity contribution in [3.8, 4) is 0 Å². The molecule has 8 heteroatoms. The van der Waals surface area contributed by atoms with Crippen molar-refractivity contribution in [2.24, 2.45) is 34.5 Å². The Balaban J connectivity index is 1.85. The first kappa shape index (κ1) is 24.2. The first-order valence-corrected chi connectivity index (χ1v) is 11.7. The molecule has 3 saturated carbocycles. The van der Waals surface area contributed by atoms with E-state index in [2.05, 4.69) is 0 Å². The Morgan fingerprint density at radius 2 is 1.94 bits per heavy atom. The van der Waals surface area contributed by atoms with Crippen molar-refractivity contribution in [1.29, 1.82) is 0 Å². The number of ketones is 2. The third kappa shape index (κ3) is 2.98. The van der Waals surface area contributed by atoms with Crippen LogP contribution in [0, 0.1) is 34.5 Å². The number of ether oxygens (including phenoxy) is 1. The third-order valence-electron chi connectivity index (χ3n) is 9.19. The van der Waals surface area contributed by atoms with Gasteiger partial charge in [0.05, 0.1) is 6.10 Å². The second-order valence-electron chi connectivity index (χ2n) is 10.7. The summed E-state index contributed by atoms with van der Waals surface area (Å²) in [6.45, 7) is 5.34. The number of esters is 1. The molecule has 9 atom stereocenters. The molecule has 1 N–H and O–H groups in total. The van der Waals surface area contributed by atoms with E-state index < -0.39 is 76.5 Å². The Bertz CT molecular complexity index is 960. The van der Waals surface area contributed by atoms with Gasteiger partial charge in [-0.15, -0.1) is 0 Å². The van der Waals surface area contributed by atoms with E-state index in [4.69, 9.17) is 4.74 Å². The van der Waals surface area contributed by atoms with Crippen LogP contribution in [0.15, 0.2) is 23.6 Å². The van der Waals surface area contributed by atoms with Crippen molar-refractivity contribution in [3.63, 3.8) is 0 Å². The van der Waals surface area contributed by atoms with Crippen molar-refractivity contribution < 1.29 is 37.4 Å². The summed E-state index contributed by atoms with van der Waals surface area (Å²) in [4.78, 5) is 37.3. The molecule has 0 heterocycles. The van der Waals surface area contributed by atoms with Gasteiger partial charge in [0.2, 0.25) is 11.6 Å². The second kappa shape index (κ2) is 7.79. The normalized spacial score (nSPS) is 46.5. The van der Waals surface area contributed by atoms with Gasteiger partial charge in [-0.3, -0.25) is 14.4 Å². The van der Waals surface area contributed by atoms with Gasteiger partial charge >= 0.3 is 5.97 Å². The van der Waals surface area contributed by atoms with Gasteiger partial charge in [-0.2, -0.15) is 0 Å². The lowest BCUT2D eigenvalue weighted by atomic mass is 9.45. The van der Waals surface area contributed by atoms with Crippen LogP contribution >= 0.6 is 0 Å².